The van der Waals surface area contributed by atoms with Gasteiger partial charge in [-0.25, -0.2) is 0 Å². The quantitative estimate of drug-likeness (QED) is 0.614. The van der Waals surface area contributed by atoms with E-state index in [1.165, 1.54) is 11.1 Å². The second-order valence-electron chi connectivity index (χ2n) is 4.13. The zero-order valence-corrected chi connectivity index (χ0v) is 12.7. The van der Waals surface area contributed by atoms with Crippen molar-refractivity contribution in [2.45, 2.75) is 39.5 Å². The Labute approximate surface area is 117 Å². The van der Waals surface area contributed by atoms with E-state index in [9.17, 15) is 4.79 Å². The van der Waals surface area contributed by atoms with E-state index >= 15 is 0 Å². The number of hydrogen-bond acceptors (Lipinski definition) is 1. The Balaban J connectivity index is 3.01. The lowest BCUT2D eigenvalue weighted by atomic mass is 9.97. The maximum Gasteiger partial charge on any atom is 0.234 e. The molecule has 0 saturated carbocycles. The molecule has 0 aromatic heterocycles. The first-order valence-corrected chi connectivity index (χ1v) is 7.72. The Kier molecular flexibility index (Phi) is 6.55. The molecule has 0 aliphatic heterocycles. The van der Waals surface area contributed by atoms with Crippen LogP contribution in [0.4, 0.5) is 5.69 Å². The summed E-state index contributed by atoms with van der Waals surface area (Å²) in [5, 5.41) is 3.00. The number of anilines is 1. The van der Waals surface area contributed by atoms with E-state index < -0.39 is 0 Å². The van der Waals surface area contributed by atoms with Crippen LogP contribution >= 0.6 is 22.6 Å². The fraction of sp³-hybridized carbons (Fsp3) is 0.500. The van der Waals surface area contributed by atoms with Gasteiger partial charge >= 0.3 is 0 Å². The number of amides is 1. The van der Waals surface area contributed by atoms with Crippen molar-refractivity contribution in [2.24, 2.45) is 0 Å². The number of aryl methyl sites for hydroxylation is 1. The van der Waals surface area contributed by atoms with Crippen molar-refractivity contribution < 1.29 is 4.79 Å². The third-order valence-electron chi connectivity index (χ3n) is 2.69. The van der Waals surface area contributed by atoms with Crippen molar-refractivity contribution in [3.05, 3.63) is 29.3 Å². The van der Waals surface area contributed by atoms with Crippen molar-refractivity contribution >= 4 is 34.2 Å². The summed E-state index contributed by atoms with van der Waals surface area (Å²) in [6.45, 7) is 4.36. The standard InChI is InChI=1S/C14H20INO/c1-3-6-11-8-5-9-13(12(11)7-4-2)16-14(17)10-15/h5,8-9H,3-4,6-7,10H2,1-2H3,(H,16,17). The molecule has 1 rings (SSSR count). The molecule has 17 heavy (non-hydrogen) atoms. The highest BCUT2D eigenvalue weighted by atomic mass is 127. The van der Waals surface area contributed by atoms with E-state index in [2.05, 4.69) is 47.8 Å². The topological polar surface area (TPSA) is 29.1 Å². The number of alkyl halides is 1. The molecule has 1 aromatic rings. The first kappa shape index (κ1) is 14.5. The second-order valence-corrected chi connectivity index (χ2v) is 4.89. The molecule has 2 nitrogen and oxygen atoms in total. The largest absolute Gasteiger partial charge is 0.325 e. The third kappa shape index (κ3) is 4.30. The molecular formula is C14H20INO. The Bertz CT molecular complexity index is 376. The second kappa shape index (κ2) is 7.69. The molecule has 0 spiro atoms. The van der Waals surface area contributed by atoms with Crippen LogP contribution in [0.2, 0.25) is 0 Å². The SMILES string of the molecule is CCCc1cccc(NC(=O)CI)c1CCC. The van der Waals surface area contributed by atoms with Gasteiger partial charge in [-0.05, 0) is 30.0 Å². The first-order valence-electron chi connectivity index (χ1n) is 6.19. The van der Waals surface area contributed by atoms with Gasteiger partial charge < -0.3 is 5.32 Å². The molecular weight excluding hydrogens is 325 g/mol. The Morgan fingerprint density at radius 3 is 2.53 bits per heavy atom. The van der Waals surface area contributed by atoms with Crippen LogP contribution in [0.5, 0.6) is 0 Å². The fourth-order valence-corrected chi connectivity index (χ4v) is 2.17. The molecule has 0 heterocycles. The molecule has 0 aliphatic carbocycles. The lowest BCUT2D eigenvalue weighted by molar-refractivity contribution is -0.113. The van der Waals surface area contributed by atoms with Crippen LogP contribution in [-0.2, 0) is 17.6 Å². The number of rotatable bonds is 6. The Morgan fingerprint density at radius 1 is 1.24 bits per heavy atom. The van der Waals surface area contributed by atoms with Crippen LogP contribution in [0, 0.1) is 0 Å². The van der Waals surface area contributed by atoms with Crippen molar-refractivity contribution in [1.82, 2.24) is 0 Å². The summed E-state index contributed by atoms with van der Waals surface area (Å²) in [6, 6.07) is 6.22. The molecule has 1 N–H and O–H groups in total. The molecule has 0 aliphatic rings. The molecule has 0 unspecified atom stereocenters. The number of benzene rings is 1. The van der Waals surface area contributed by atoms with Gasteiger partial charge in [0.25, 0.3) is 0 Å². The minimum Gasteiger partial charge on any atom is -0.325 e. The van der Waals surface area contributed by atoms with Crippen molar-refractivity contribution in [1.29, 1.82) is 0 Å². The van der Waals surface area contributed by atoms with Crippen LogP contribution in [0.3, 0.4) is 0 Å². The summed E-state index contributed by atoms with van der Waals surface area (Å²) in [6.07, 6.45) is 4.37. The maximum absolute atomic E-state index is 11.5. The van der Waals surface area contributed by atoms with Gasteiger partial charge in [0, 0.05) is 5.69 Å². The summed E-state index contributed by atoms with van der Waals surface area (Å²) in [4.78, 5) is 11.5. The summed E-state index contributed by atoms with van der Waals surface area (Å²) in [5.41, 5.74) is 3.69. The molecule has 0 radical (unpaired) electrons. The zero-order valence-electron chi connectivity index (χ0n) is 10.6. The Hall–Kier alpha value is -0.580. The normalized spacial score (nSPS) is 10.3. The van der Waals surface area contributed by atoms with Gasteiger partial charge in [0.05, 0.1) is 4.43 Å². The molecule has 1 amide bonds. The molecule has 0 fully saturated rings. The van der Waals surface area contributed by atoms with Crippen LogP contribution < -0.4 is 5.32 Å². The molecule has 0 bridgehead atoms. The first-order chi connectivity index (χ1) is 8.22. The van der Waals surface area contributed by atoms with E-state index in [1.807, 2.05) is 12.1 Å². The van der Waals surface area contributed by atoms with E-state index in [0.717, 1.165) is 31.4 Å². The van der Waals surface area contributed by atoms with Crippen LogP contribution in [-0.4, -0.2) is 10.3 Å². The predicted molar refractivity (Wildman–Crippen MR) is 81.9 cm³/mol. The number of nitrogens with one attached hydrogen (secondary N) is 1. The van der Waals surface area contributed by atoms with Crippen LogP contribution in [0.1, 0.15) is 37.8 Å². The number of halogens is 1. The van der Waals surface area contributed by atoms with Gasteiger partial charge in [-0.1, -0.05) is 61.4 Å². The van der Waals surface area contributed by atoms with Crippen molar-refractivity contribution in [3.63, 3.8) is 0 Å². The molecule has 0 atom stereocenters. The molecule has 0 saturated heterocycles. The minimum absolute atomic E-state index is 0.0802. The van der Waals surface area contributed by atoms with Gasteiger partial charge in [-0.15, -0.1) is 0 Å². The van der Waals surface area contributed by atoms with Gasteiger partial charge in [0.2, 0.25) is 5.91 Å². The number of carbonyl (C=O) groups is 1. The molecule has 94 valence electrons. The fourth-order valence-electron chi connectivity index (χ4n) is 1.98. The summed E-state index contributed by atoms with van der Waals surface area (Å²) >= 11 is 2.09. The van der Waals surface area contributed by atoms with Crippen LogP contribution in [0.25, 0.3) is 0 Å². The molecule has 1 aromatic carbocycles. The van der Waals surface area contributed by atoms with Gasteiger partial charge in [0.1, 0.15) is 0 Å². The summed E-state index contributed by atoms with van der Waals surface area (Å²) < 4.78 is 0.501. The smallest absolute Gasteiger partial charge is 0.234 e. The number of carbonyl (C=O) groups excluding carboxylic acids is 1. The average molecular weight is 345 g/mol. The predicted octanol–water partition coefficient (Wildman–Crippen LogP) is 3.97. The van der Waals surface area contributed by atoms with E-state index in [0.29, 0.717) is 4.43 Å². The average Bonchev–Trinajstić information content (AvgIpc) is 2.33. The zero-order chi connectivity index (χ0) is 12.7. The third-order valence-corrected chi connectivity index (χ3v) is 3.38. The highest BCUT2D eigenvalue weighted by Gasteiger charge is 2.09. The summed E-state index contributed by atoms with van der Waals surface area (Å²) in [7, 11) is 0. The Morgan fingerprint density at radius 2 is 1.94 bits per heavy atom. The minimum atomic E-state index is 0.0802. The number of hydrogen-bond donors (Lipinski definition) is 1. The van der Waals surface area contributed by atoms with E-state index in [-0.39, 0.29) is 5.91 Å². The van der Waals surface area contributed by atoms with E-state index in [1.54, 1.807) is 0 Å². The lowest BCUT2D eigenvalue weighted by Gasteiger charge is -2.14. The van der Waals surface area contributed by atoms with E-state index in [4.69, 9.17) is 0 Å². The highest BCUT2D eigenvalue weighted by molar-refractivity contribution is 14.1. The summed E-state index contributed by atoms with van der Waals surface area (Å²) in [5.74, 6) is 0.0802. The highest BCUT2D eigenvalue weighted by Crippen LogP contribution is 2.23. The maximum atomic E-state index is 11.5. The van der Waals surface area contributed by atoms with Gasteiger partial charge in [-0.3, -0.25) is 4.79 Å². The van der Waals surface area contributed by atoms with Gasteiger partial charge in [-0.2, -0.15) is 0 Å². The molecule has 3 heteroatoms. The monoisotopic (exact) mass is 345 g/mol. The van der Waals surface area contributed by atoms with Crippen LogP contribution in [0.15, 0.2) is 18.2 Å². The van der Waals surface area contributed by atoms with Crippen molar-refractivity contribution in [2.75, 3.05) is 9.74 Å². The lowest BCUT2D eigenvalue weighted by Crippen LogP contribution is -2.14. The van der Waals surface area contributed by atoms with Gasteiger partial charge in [0.15, 0.2) is 0 Å². The van der Waals surface area contributed by atoms with Crippen molar-refractivity contribution in [3.8, 4) is 0 Å².